The number of allylic oxidation sites excluding steroid dienone is 1. The Kier molecular flexibility index (Phi) is 2.61. The molecule has 0 saturated heterocycles. The van der Waals surface area contributed by atoms with Crippen molar-refractivity contribution in [1.82, 2.24) is 4.98 Å². The molecular formula is C13H15NS. The number of fused-ring (bicyclic) bond motifs is 1. The molecule has 0 aliphatic rings. The summed E-state index contributed by atoms with van der Waals surface area (Å²) in [5.41, 5.74) is 1.31. The lowest BCUT2D eigenvalue weighted by molar-refractivity contribution is 0.547. The Labute approximate surface area is 94.5 Å². The van der Waals surface area contributed by atoms with Gasteiger partial charge in [-0.15, -0.1) is 11.3 Å². The molecule has 0 bridgehead atoms. The minimum atomic E-state index is 0.220. The van der Waals surface area contributed by atoms with Crippen molar-refractivity contribution in [2.75, 3.05) is 0 Å². The van der Waals surface area contributed by atoms with Gasteiger partial charge in [0.25, 0.3) is 0 Å². The summed E-state index contributed by atoms with van der Waals surface area (Å²) < 4.78 is 1.26. The van der Waals surface area contributed by atoms with E-state index in [-0.39, 0.29) is 5.41 Å². The van der Waals surface area contributed by atoms with E-state index in [9.17, 15) is 0 Å². The Bertz CT molecular complexity index is 455. The van der Waals surface area contributed by atoms with Crippen LogP contribution in [0, 0.1) is 5.41 Å². The third-order valence-electron chi connectivity index (χ3n) is 2.04. The summed E-state index contributed by atoms with van der Waals surface area (Å²) in [5.74, 6) is 0. The molecule has 0 N–H and O–H groups in total. The minimum Gasteiger partial charge on any atom is -0.237 e. The number of hydrogen-bond acceptors (Lipinski definition) is 2. The first-order valence-electron chi connectivity index (χ1n) is 5.09. The summed E-state index contributed by atoms with van der Waals surface area (Å²) in [7, 11) is 0. The zero-order valence-corrected chi connectivity index (χ0v) is 10.1. The van der Waals surface area contributed by atoms with Crippen molar-refractivity contribution in [1.29, 1.82) is 0 Å². The van der Waals surface area contributed by atoms with Crippen LogP contribution in [0.5, 0.6) is 0 Å². The number of hydrogen-bond donors (Lipinski definition) is 0. The van der Waals surface area contributed by atoms with Crippen molar-refractivity contribution >= 4 is 27.6 Å². The van der Waals surface area contributed by atoms with Crippen LogP contribution in [0.3, 0.4) is 0 Å². The molecule has 78 valence electrons. The zero-order chi connectivity index (χ0) is 10.9. The van der Waals surface area contributed by atoms with E-state index in [1.807, 2.05) is 6.07 Å². The van der Waals surface area contributed by atoms with E-state index in [1.54, 1.807) is 11.3 Å². The molecule has 2 aromatic rings. The molecule has 0 atom stereocenters. The second-order valence-corrected chi connectivity index (χ2v) is 5.78. The first kappa shape index (κ1) is 10.4. The molecule has 0 saturated carbocycles. The van der Waals surface area contributed by atoms with Gasteiger partial charge in [-0.1, -0.05) is 39.0 Å². The molecule has 0 unspecified atom stereocenters. The van der Waals surface area contributed by atoms with Gasteiger partial charge in [0, 0.05) is 0 Å². The normalized spacial score (nSPS) is 12.7. The first-order valence-corrected chi connectivity index (χ1v) is 5.91. The molecule has 2 rings (SSSR count). The smallest absolute Gasteiger partial charge is 0.117 e. The van der Waals surface area contributed by atoms with Gasteiger partial charge in [-0.25, -0.2) is 4.98 Å². The Hall–Kier alpha value is -1.15. The lowest BCUT2D eigenvalue weighted by Crippen LogP contribution is -1.97. The van der Waals surface area contributed by atoms with Gasteiger partial charge >= 0.3 is 0 Å². The van der Waals surface area contributed by atoms with Crippen LogP contribution in [0.2, 0.25) is 0 Å². The summed E-state index contributed by atoms with van der Waals surface area (Å²) in [6.07, 6.45) is 4.31. The Morgan fingerprint density at radius 1 is 1.20 bits per heavy atom. The van der Waals surface area contributed by atoms with Crippen LogP contribution in [0.25, 0.3) is 16.3 Å². The van der Waals surface area contributed by atoms with E-state index in [2.05, 4.69) is 56.1 Å². The van der Waals surface area contributed by atoms with E-state index in [0.29, 0.717) is 0 Å². The van der Waals surface area contributed by atoms with Crippen LogP contribution >= 0.6 is 11.3 Å². The second kappa shape index (κ2) is 3.78. The highest BCUT2D eigenvalue weighted by atomic mass is 32.1. The Morgan fingerprint density at radius 2 is 1.93 bits per heavy atom. The molecule has 1 nitrogen and oxygen atoms in total. The highest BCUT2D eigenvalue weighted by molar-refractivity contribution is 7.19. The molecule has 1 aromatic carbocycles. The van der Waals surface area contributed by atoms with Crippen molar-refractivity contribution in [2.24, 2.45) is 5.41 Å². The Balaban J connectivity index is 2.34. The zero-order valence-electron chi connectivity index (χ0n) is 9.32. The fraction of sp³-hybridized carbons (Fsp3) is 0.308. The van der Waals surface area contributed by atoms with E-state index in [4.69, 9.17) is 0 Å². The van der Waals surface area contributed by atoms with E-state index in [1.165, 1.54) is 4.70 Å². The number of rotatable bonds is 1. The molecule has 0 spiro atoms. The van der Waals surface area contributed by atoms with Crippen LogP contribution in [0.15, 0.2) is 30.3 Å². The monoisotopic (exact) mass is 217 g/mol. The largest absolute Gasteiger partial charge is 0.237 e. The van der Waals surface area contributed by atoms with Crippen molar-refractivity contribution in [3.63, 3.8) is 0 Å². The van der Waals surface area contributed by atoms with Gasteiger partial charge in [-0.3, -0.25) is 0 Å². The van der Waals surface area contributed by atoms with Gasteiger partial charge in [-0.2, -0.15) is 0 Å². The molecule has 0 aliphatic heterocycles. The predicted octanol–water partition coefficient (Wildman–Crippen LogP) is 4.36. The van der Waals surface area contributed by atoms with E-state index >= 15 is 0 Å². The number of benzene rings is 1. The summed E-state index contributed by atoms with van der Waals surface area (Å²) in [6.45, 7) is 6.57. The average Bonchev–Trinajstić information content (AvgIpc) is 2.56. The second-order valence-electron chi connectivity index (χ2n) is 4.72. The average molecular weight is 217 g/mol. The van der Waals surface area contributed by atoms with Gasteiger partial charge in [0.1, 0.15) is 5.01 Å². The van der Waals surface area contributed by atoms with E-state index in [0.717, 1.165) is 10.5 Å². The van der Waals surface area contributed by atoms with Crippen molar-refractivity contribution < 1.29 is 0 Å². The summed E-state index contributed by atoms with van der Waals surface area (Å²) in [6, 6.07) is 8.25. The van der Waals surface area contributed by atoms with Gasteiger partial charge in [-0.05, 0) is 23.6 Å². The van der Waals surface area contributed by atoms with Crippen molar-refractivity contribution in [3.8, 4) is 0 Å². The Morgan fingerprint density at radius 3 is 2.60 bits per heavy atom. The first-order chi connectivity index (χ1) is 7.04. The quantitative estimate of drug-likeness (QED) is 0.691. The fourth-order valence-electron chi connectivity index (χ4n) is 1.28. The lowest BCUT2D eigenvalue weighted by atomic mass is 9.96. The fourth-order valence-corrected chi connectivity index (χ4v) is 2.15. The lowest BCUT2D eigenvalue weighted by Gasteiger charge is -2.09. The molecule has 2 heteroatoms. The predicted molar refractivity (Wildman–Crippen MR) is 68.1 cm³/mol. The van der Waals surface area contributed by atoms with Gasteiger partial charge in [0.15, 0.2) is 0 Å². The maximum atomic E-state index is 4.55. The molecule has 0 aliphatic carbocycles. The third kappa shape index (κ3) is 2.66. The maximum absolute atomic E-state index is 4.55. The number of thiazole rings is 1. The van der Waals surface area contributed by atoms with Gasteiger partial charge in [0.2, 0.25) is 0 Å². The number of aromatic nitrogens is 1. The summed E-state index contributed by atoms with van der Waals surface area (Å²) in [4.78, 5) is 4.55. The highest BCUT2D eigenvalue weighted by Gasteiger charge is 2.05. The van der Waals surface area contributed by atoms with Crippen LogP contribution in [-0.4, -0.2) is 4.98 Å². The van der Waals surface area contributed by atoms with E-state index < -0.39 is 0 Å². The summed E-state index contributed by atoms with van der Waals surface area (Å²) in [5, 5.41) is 1.09. The third-order valence-corrected chi connectivity index (χ3v) is 3.04. The molecule has 15 heavy (non-hydrogen) atoms. The number of nitrogens with zero attached hydrogens (tertiary/aromatic N) is 1. The maximum Gasteiger partial charge on any atom is 0.117 e. The van der Waals surface area contributed by atoms with Crippen molar-refractivity contribution in [3.05, 3.63) is 35.3 Å². The standard InChI is InChI=1S/C13H15NS/c1-13(2,3)9-8-12-14-10-6-4-5-7-11(10)15-12/h4-9H,1-3H3/b9-8+. The summed E-state index contributed by atoms with van der Waals surface area (Å²) >= 11 is 1.74. The molecular weight excluding hydrogens is 202 g/mol. The topological polar surface area (TPSA) is 12.9 Å². The van der Waals surface area contributed by atoms with Crippen LogP contribution in [0.4, 0.5) is 0 Å². The van der Waals surface area contributed by atoms with Crippen LogP contribution in [0.1, 0.15) is 25.8 Å². The van der Waals surface area contributed by atoms with Gasteiger partial charge < -0.3 is 0 Å². The molecule has 1 aromatic heterocycles. The van der Waals surface area contributed by atoms with Crippen LogP contribution in [-0.2, 0) is 0 Å². The minimum absolute atomic E-state index is 0.220. The molecule has 0 radical (unpaired) electrons. The highest BCUT2D eigenvalue weighted by Crippen LogP contribution is 2.24. The molecule has 1 heterocycles. The van der Waals surface area contributed by atoms with Crippen LogP contribution < -0.4 is 0 Å². The molecule has 0 fully saturated rings. The van der Waals surface area contributed by atoms with Gasteiger partial charge in [0.05, 0.1) is 10.2 Å². The van der Waals surface area contributed by atoms with Crippen molar-refractivity contribution in [2.45, 2.75) is 20.8 Å². The SMILES string of the molecule is CC(C)(C)/C=C/c1nc2ccccc2s1. The number of para-hydroxylation sites is 1. The molecule has 0 amide bonds.